The zero-order valence-corrected chi connectivity index (χ0v) is 15.2. The minimum absolute atomic E-state index is 0.416. The Morgan fingerprint density at radius 1 is 0.923 bits per heavy atom. The second-order valence-electron chi connectivity index (χ2n) is 6.63. The Morgan fingerprint density at radius 2 is 1.69 bits per heavy atom. The van der Waals surface area contributed by atoms with Gasteiger partial charge in [-0.1, -0.05) is 25.0 Å². The molecule has 1 aromatic heterocycles. The van der Waals surface area contributed by atoms with Gasteiger partial charge < -0.3 is 13.9 Å². The SMILES string of the molecule is COc1ccc(-c2cc(=NC3CCCC3)c3ccccc3o2)cc1OC. The van der Waals surface area contributed by atoms with Gasteiger partial charge in [-0.2, -0.15) is 0 Å². The average molecular weight is 349 g/mol. The first-order valence-corrected chi connectivity index (χ1v) is 9.07. The number of hydrogen-bond acceptors (Lipinski definition) is 4. The summed E-state index contributed by atoms with van der Waals surface area (Å²) in [5.74, 6) is 2.16. The standard InChI is InChI=1S/C22H23NO3/c1-24-20-12-11-15(13-22(20)25-2)21-14-18(23-16-7-3-4-8-16)17-9-5-6-10-19(17)26-21/h5-6,9-14,16H,3-4,7-8H2,1-2H3. The summed E-state index contributed by atoms with van der Waals surface area (Å²) in [5.41, 5.74) is 1.79. The predicted molar refractivity (Wildman–Crippen MR) is 103 cm³/mol. The Balaban J connectivity index is 1.88. The summed E-state index contributed by atoms with van der Waals surface area (Å²) in [6, 6.07) is 16.4. The largest absolute Gasteiger partial charge is 0.493 e. The van der Waals surface area contributed by atoms with Crippen molar-refractivity contribution in [2.24, 2.45) is 4.99 Å². The van der Waals surface area contributed by atoms with Crippen molar-refractivity contribution in [1.29, 1.82) is 0 Å². The number of methoxy groups -OCH3 is 2. The van der Waals surface area contributed by atoms with Crippen molar-refractivity contribution in [3.05, 3.63) is 53.9 Å². The van der Waals surface area contributed by atoms with E-state index in [1.807, 2.05) is 42.5 Å². The zero-order chi connectivity index (χ0) is 17.9. The summed E-state index contributed by atoms with van der Waals surface area (Å²) in [5, 5.41) is 2.06. The molecule has 2 aromatic carbocycles. The molecule has 4 rings (SSSR count). The van der Waals surface area contributed by atoms with Crippen LogP contribution in [-0.4, -0.2) is 20.3 Å². The smallest absolute Gasteiger partial charge is 0.161 e. The quantitative estimate of drug-likeness (QED) is 0.668. The lowest BCUT2D eigenvalue weighted by atomic mass is 10.1. The lowest BCUT2D eigenvalue weighted by Gasteiger charge is -2.10. The Kier molecular flexibility index (Phi) is 4.65. The van der Waals surface area contributed by atoms with Gasteiger partial charge in [-0.15, -0.1) is 0 Å². The van der Waals surface area contributed by atoms with E-state index in [-0.39, 0.29) is 0 Å². The van der Waals surface area contributed by atoms with Crippen LogP contribution in [0.4, 0.5) is 0 Å². The molecular formula is C22H23NO3. The molecule has 4 nitrogen and oxygen atoms in total. The van der Waals surface area contributed by atoms with Crippen LogP contribution in [0.1, 0.15) is 25.7 Å². The van der Waals surface area contributed by atoms with E-state index in [0.29, 0.717) is 17.5 Å². The fraction of sp³-hybridized carbons (Fsp3) is 0.318. The topological polar surface area (TPSA) is 44.0 Å². The van der Waals surface area contributed by atoms with Crippen LogP contribution >= 0.6 is 0 Å². The van der Waals surface area contributed by atoms with E-state index in [1.165, 1.54) is 25.7 Å². The first kappa shape index (κ1) is 16.7. The number of para-hydroxylation sites is 1. The van der Waals surface area contributed by atoms with Crippen LogP contribution in [0.5, 0.6) is 11.5 Å². The fourth-order valence-electron chi connectivity index (χ4n) is 3.59. The number of benzene rings is 2. The van der Waals surface area contributed by atoms with Crippen LogP contribution in [0, 0.1) is 0 Å². The molecule has 26 heavy (non-hydrogen) atoms. The van der Waals surface area contributed by atoms with E-state index in [0.717, 1.165) is 27.7 Å². The van der Waals surface area contributed by atoms with Crippen molar-refractivity contribution < 1.29 is 13.9 Å². The average Bonchev–Trinajstić information content (AvgIpc) is 3.20. The van der Waals surface area contributed by atoms with Gasteiger partial charge in [0, 0.05) is 17.0 Å². The van der Waals surface area contributed by atoms with Gasteiger partial charge in [0.05, 0.1) is 25.6 Å². The molecule has 1 fully saturated rings. The number of ether oxygens (including phenoxy) is 2. The van der Waals surface area contributed by atoms with Crippen molar-refractivity contribution >= 4 is 11.0 Å². The number of hydrogen-bond donors (Lipinski definition) is 0. The van der Waals surface area contributed by atoms with Crippen molar-refractivity contribution in [1.82, 2.24) is 0 Å². The van der Waals surface area contributed by atoms with E-state index in [2.05, 4.69) is 6.07 Å². The molecule has 1 aliphatic carbocycles. The third-order valence-corrected chi connectivity index (χ3v) is 4.97. The van der Waals surface area contributed by atoms with E-state index in [9.17, 15) is 0 Å². The van der Waals surface area contributed by atoms with Gasteiger partial charge >= 0.3 is 0 Å². The van der Waals surface area contributed by atoms with Crippen molar-refractivity contribution in [3.63, 3.8) is 0 Å². The second-order valence-corrected chi connectivity index (χ2v) is 6.63. The van der Waals surface area contributed by atoms with Gasteiger partial charge in [0.25, 0.3) is 0 Å². The summed E-state index contributed by atoms with van der Waals surface area (Å²) >= 11 is 0. The molecule has 1 aliphatic rings. The predicted octanol–water partition coefficient (Wildman–Crippen LogP) is 4.96. The highest BCUT2D eigenvalue weighted by atomic mass is 16.5. The highest BCUT2D eigenvalue weighted by Crippen LogP contribution is 2.32. The Hall–Kier alpha value is -2.75. The summed E-state index contributed by atoms with van der Waals surface area (Å²) in [7, 11) is 3.27. The summed E-state index contributed by atoms with van der Waals surface area (Å²) in [6.45, 7) is 0. The van der Waals surface area contributed by atoms with Gasteiger partial charge in [0.2, 0.25) is 0 Å². The van der Waals surface area contributed by atoms with Crippen LogP contribution in [0.15, 0.2) is 57.9 Å². The van der Waals surface area contributed by atoms with Gasteiger partial charge in [-0.05, 0) is 43.2 Å². The lowest BCUT2D eigenvalue weighted by Crippen LogP contribution is -2.09. The number of rotatable bonds is 4. The van der Waals surface area contributed by atoms with Crippen LogP contribution in [0.25, 0.3) is 22.3 Å². The molecule has 0 amide bonds. The minimum Gasteiger partial charge on any atom is -0.493 e. The van der Waals surface area contributed by atoms with Gasteiger partial charge in [-0.3, -0.25) is 4.99 Å². The molecule has 1 heterocycles. The van der Waals surface area contributed by atoms with Crippen LogP contribution < -0.4 is 14.8 Å². The monoisotopic (exact) mass is 349 g/mol. The molecule has 0 bridgehead atoms. The highest BCUT2D eigenvalue weighted by molar-refractivity contribution is 5.78. The normalized spacial score (nSPS) is 15.5. The molecule has 4 heteroatoms. The minimum atomic E-state index is 0.416. The number of fused-ring (bicyclic) bond motifs is 1. The maximum absolute atomic E-state index is 6.17. The Morgan fingerprint density at radius 3 is 2.46 bits per heavy atom. The molecule has 0 N–H and O–H groups in total. The van der Waals surface area contributed by atoms with E-state index < -0.39 is 0 Å². The van der Waals surface area contributed by atoms with E-state index in [1.54, 1.807) is 14.2 Å². The molecule has 1 saturated carbocycles. The van der Waals surface area contributed by atoms with Crippen LogP contribution in [0.2, 0.25) is 0 Å². The molecule has 3 aromatic rings. The van der Waals surface area contributed by atoms with Gasteiger partial charge in [0.15, 0.2) is 11.5 Å². The summed E-state index contributed by atoms with van der Waals surface area (Å²) < 4.78 is 16.9. The van der Waals surface area contributed by atoms with Gasteiger partial charge in [-0.25, -0.2) is 0 Å². The van der Waals surface area contributed by atoms with E-state index >= 15 is 0 Å². The van der Waals surface area contributed by atoms with Crippen molar-refractivity contribution in [2.45, 2.75) is 31.7 Å². The Labute approximate surface area is 153 Å². The highest BCUT2D eigenvalue weighted by Gasteiger charge is 2.14. The van der Waals surface area contributed by atoms with Crippen molar-refractivity contribution in [2.75, 3.05) is 14.2 Å². The molecule has 0 unspecified atom stereocenters. The third-order valence-electron chi connectivity index (χ3n) is 4.97. The van der Waals surface area contributed by atoms with Crippen LogP contribution in [-0.2, 0) is 0 Å². The Bertz CT molecular complexity index is 984. The summed E-state index contributed by atoms with van der Waals surface area (Å²) in [6.07, 6.45) is 4.88. The zero-order valence-electron chi connectivity index (χ0n) is 15.2. The first-order chi connectivity index (χ1) is 12.8. The van der Waals surface area contributed by atoms with Crippen molar-refractivity contribution in [3.8, 4) is 22.8 Å². The second kappa shape index (κ2) is 7.24. The maximum Gasteiger partial charge on any atom is 0.161 e. The third kappa shape index (κ3) is 3.19. The van der Waals surface area contributed by atoms with Gasteiger partial charge in [0.1, 0.15) is 11.3 Å². The molecule has 134 valence electrons. The molecule has 0 atom stereocenters. The molecule has 0 saturated heterocycles. The fourth-order valence-corrected chi connectivity index (χ4v) is 3.59. The molecular weight excluding hydrogens is 326 g/mol. The molecule has 0 radical (unpaired) electrons. The van der Waals surface area contributed by atoms with Crippen LogP contribution in [0.3, 0.4) is 0 Å². The first-order valence-electron chi connectivity index (χ1n) is 9.07. The summed E-state index contributed by atoms with van der Waals surface area (Å²) in [4.78, 5) is 5.03. The molecule has 0 aliphatic heterocycles. The van der Waals surface area contributed by atoms with E-state index in [4.69, 9.17) is 18.9 Å². The maximum atomic E-state index is 6.17. The molecule has 0 spiro atoms. The lowest BCUT2D eigenvalue weighted by molar-refractivity contribution is 0.355. The number of nitrogens with zero attached hydrogens (tertiary/aromatic N) is 1.